The van der Waals surface area contributed by atoms with Gasteiger partial charge >= 0.3 is 5.97 Å². The van der Waals surface area contributed by atoms with Gasteiger partial charge in [0.2, 0.25) is 5.91 Å². The first-order valence-electron chi connectivity index (χ1n) is 6.44. The molecule has 2 unspecified atom stereocenters. The molecular formula is C14H16ClNO4S. The van der Waals surface area contributed by atoms with E-state index in [1.807, 2.05) is 12.1 Å². The summed E-state index contributed by atoms with van der Waals surface area (Å²) in [7, 11) is 1.53. The molecule has 0 aliphatic carbocycles. The van der Waals surface area contributed by atoms with Gasteiger partial charge in [0.15, 0.2) is 0 Å². The maximum Gasteiger partial charge on any atom is 0.326 e. The summed E-state index contributed by atoms with van der Waals surface area (Å²) in [5.41, 5.74) is 0. The number of thioether (sulfide) groups is 1. The lowest BCUT2D eigenvalue weighted by Crippen LogP contribution is -2.41. The summed E-state index contributed by atoms with van der Waals surface area (Å²) in [6.45, 7) is 0.327. The zero-order chi connectivity index (χ0) is 15.4. The minimum absolute atomic E-state index is 0.193. The molecule has 21 heavy (non-hydrogen) atoms. The topological polar surface area (TPSA) is 66.8 Å². The Hall–Kier alpha value is -1.24. The number of hydrogen-bond donors (Lipinski definition) is 1. The first-order valence-corrected chi connectivity index (χ1v) is 7.81. The van der Waals surface area contributed by atoms with Crippen LogP contribution in [-0.2, 0) is 14.3 Å². The van der Waals surface area contributed by atoms with E-state index < -0.39 is 12.0 Å². The molecule has 1 heterocycles. The summed E-state index contributed by atoms with van der Waals surface area (Å²) in [5.74, 6) is -0.983. The number of amides is 1. The van der Waals surface area contributed by atoms with Gasteiger partial charge in [0.25, 0.3) is 0 Å². The van der Waals surface area contributed by atoms with Crippen molar-refractivity contribution in [1.29, 1.82) is 0 Å². The number of carboxylic acid groups (broad SMARTS) is 1. The standard InChI is InChI=1S/C14H16ClNO4S/c1-20-10-6-12(14(18)19)16(7-10)13(17)8-21-11-4-2-9(15)3-5-11/h2-5,10,12H,6-8H2,1H3,(H,18,19). The zero-order valence-electron chi connectivity index (χ0n) is 11.5. The monoisotopic (exact) mass is 329 g/mol. The van der Waals surface area contributed by atoms with Gasteiger partial charge < -0.3 is 14.7 Å². The maximum absolute atomic E-state index is 12.2. The molecule has 1 aromatic rings. The number of carbonyl (C=O) groups is 2. The van der Waals surface area contributed by atoms with Crippen molar-refractivity contribution in [3.8, 4) is 0 Å². The second kappa shape index (κ2) is 7.15. The predicted octanol–water partition coefficient (Wildman–Crippen LogP) is 2.13. The first-order chi connectivity index (χ1) is 10.0. The van der Waals surface area contributed by atoms with E-state index in [-0.39, 0.29) is 17.8 Å². The molecule has 2 atom stereocenters. The van der Waals surface area contributed by atoms with Crippen LogP contribution in [0.15, 0.2) is 29.2 Å². The predicted molar refractivity (Wildman–Crippen MR) is 80.7 cm³/mol. The number of benzene rings is 1. The molecule has 0 saturated carbocycles. The Bertz CT molecular complexity index is 522. The minimum Gasteiger partial charge on any atom is -0.480 e. The molecule has 1 aromatic carbocycles. The van der Waals surface area contributed by atoms with Crippen molar-refractivity contribution < 1.29 is 19.4 Å². The zero-order valence-corrected chi connectivity index (χ0v) is 13.1. The molecule has 2 rings (SSSR count). The van der Waals surface area contributed by atoms with Crippen LogP contribution in [-0.4, -0.2) is 53.4 Å². The highest BCUT2D eigenvalue weighted by Crippen LogP contribution is 2.24. The third-order valence-electron chi connectivity index (χ3n) is 3.38. The van der Waals surface area contributed by atoms with Gasteiger partial charge in [-0.3, -0.25) is 4.79 Å². The fraction of sp³-hybridized carbons (Fsp3) is 0.429. The minimum atomic E-state index is -0.987. The number of carbonyl (C=O) groups excluding carboxylic acids is 1. The number of likely N-dealkylation sites (tertiary alicyclic amines) is 1. The summed E-state index contributed by atoms with van der Waals surface area (Å²) >= 11 is 7.16. The number of nitrogens with zero attached hydrogens (tertiary/aromatic N) is 1. The molecule has 1 amide bonds. The Balaban J connectivity index is 1.95. The van der Waals surface area contributed by atoms with Crippen LogP contribution in [0.2, 0.25) is 5.02 Å². The van der Waals surface area contributed by atoms with Gasteiger partial charge in [0, 0.05) is 30.0 Å². The van der Waals surface area contributed by atoms with Crippen LogP contribution in [0, 0.1) is 0 Å². The summed E-state index contributed by atoms with van der Waals surface area (Å²) in [6, 6.07) is 6.37. The van der Waals surface area contributed by atoms with E-state index in [2.05, 4.69) is 0 Å². The Kier molecular flexibility index (Phi) is 5.50. The Morgan fingerprint density at radius 2 is 2.10 bits per heavy atom. The second-order valence-electron chi connectivity index (χ2n) is 4.74. The van der Waals surface area contributed by atoms with Crippen LogP contribution in [0.1, 0.15) is 6.42 Å². The maximum atomic E-state index is 12.2. The average molecular weight is 330 g/mol. The van der Waals surface area contributed by atoms with Crippen molar-refractivity contribution in [2.24, 2.45) is 0 Å². The molecule has 0 aromatic heterocycles. The molecule has 114 valence electrons. The number of aliphatic carboxylic acids is 1. The summed E-state index contributed by atoms with van der Waals surface area (Å²) in [4.78, 5) is 25.7. The number of halogens is 1. The average Bonchev–Trinajstić information content (AvgIpc) is 2.91. The molecule has 7 heteroatoms. The van der Waals surface area contributed by atoms with Gasteiger partial charge in [-0.1, -0.05) is 11.6 Å². The Labute approximate surface area is 132 Å². The summed E-state index contributed by atoms with van der Waals surface area (Å²) in [6.07, 6.45) is 0.124. The lowest BCUT2D eigenvalue weighted by molar-refractivity contribution is -0.147. The normalized spacial score (nSPS) is 21.5. The van der Waals surface area contributed by atoms with E-state index in [1.54, 1.807) is 12.1 Å². The summed E-state index contributed by atoms with van der Waals surface area (Å²) in [5, 5.41) is 9.83. The van der Waals surface area contributed by atoms with E-state index in [0.29, 0.717) is 18.0 Å². The van der Waals surface area contributed by atoms with Crippen LogP contribution in [0.4, 0.5) is 0 Å². The molecule has 1 aliphatic heterocycles. The lowest BCUT2D eigenvalue weighted by atomic mass is 10.2. The summed E-state index contributed by atoms with van der Waals surface area (Å²) < 4.78 is 5.17. The Morgan fingerprint density at radius 1 is 1.43 bits per heavy atom. The molecule has 1 fully saturated rings. The molecular weight excluding hydrogens is 314 g/mol. The molecule has 0 radical (unpaired) electrons. The number of ether oxygens (including phenoxy) is 1. The van der Waals surface area contributed by atoms with Gasteiger partial charge in [-0.2, -0.15) is 0 Å². The van der Waals surface area contributed by atoms with Crippen molar-refractivity contribution in [3.63, 3.8) is 0 Å². The Morgan fingerprint density at radius 3 is 2.67 bits per heavy atom. The molecule has 5 nitrogen and oxygen atoms in total. The number of rotatable bonds is 5. The molecule has 0 spiro atoms. The highest BCUT2D eigenvalue weighted by molar-refractivity contribution is 8.00. The number of methoxy groups -OCH3 is 1. The largest absolute Gasteiger partial charge is 0.480 e. The molecule has 1 saturated heterocycles. The number of hydrogen-bond acceptors (Lipinski definition) is 4. The van der Waals surface area contributed by atoms with Gasteiger partial charge in [0.1, 0.15) is 6.04 Å². The van der Waals surface area contributed by atoms with Crippen LogP contribution < -0.4 is 0 Å². The molecule has 0 bridgehead atoms. The third kappa shape index (κ3) is 4.12. The second-order valence-corrected chi connectivity index (χ2v) is 6.22. The molecule has 1 aliphatic rings. The van der Waals surface area contributed by atoms with Gasteiger partial charge in [0.05, 0.1) is 11.9 Å². The highest BCUT2D eigenvalue weighted by Gasteiger charge is 2.39. The fourth-order valence-corrected chi connectivity index (χ4v) is 3.15. The third-order valence-corrected chi connectivity index (χ3v) is 4.63. The van der Waals surface area contributed by atoms with Gasteiger partial charge in [-0.05, 0) is 24.3 Å². The van der Waals surface area contributed by atoms with Crippen molar-refractivity contribution in [2.45, 2.75) is 23.5 Å². The fourth-order valence-electron chi connectivity index (χ4n) is 2.24. The van der Waals surface area contributed by atoms with Crippen LogP contribution in [0.5, 0.6) is 0 Å². The quantitative estimate of drug-likeness (QED) is 0.838. The smallest absolute Gasteiger partial charge is 0.326 e. The van der Waals surface area contributed by atoms with Crippen LogP contribution >= 0.6 is 23.4 Å². The van der Waals surface area contributed by atoms with Crippen molar-refractivity contribution in [1.82, 2.24) is 4.90 Å². The van der Waals surface area contributed by atoms with Gasteiger partial charge in [-0.15, -0.1) is 11.8 Å². The highest BCUT2D eigenvalue weighted by atomic mass is 35.5. The van der Waals surface area contributed by atoms with E-state index in [1.165, 1.54) is 23.8 Å². The molecule has 1 N–H and O–H groups in total. The first kappa shape index (κ1) is 16.1. The SMILES string of the molecule is COC1CC(C(=O)O)N(C(=O)CSc2ccc(Cl)cc2)C1. The van der Waals surface area contributed by atoms with Crippen LogP contribution in [0.3, 0.4) is 0 Å². The van der Waals surface area contributed by atoms with Crippen molar-refractivity contribution in [2.75, 3.05) is 19.4 Å². The lowest BCUT2D eigenvalue weighted by Gasteiger charge is -2.21. The number of carboxylic acids is 1. The van der Waals surface area contributed by atoms with Crippen molar-refractivity contribution >= 4 is 35.2 Å². The van der Waals surface area contributed by atoms with Crippen molar-refractivity contribution in [3.05, 3.63) is 29.3 Å². The van der Waals surface area contributed by atoms with E-state index >= 15 is 0 Å². The van der Waals surface area contributed by atoms with Gasteiger partial charge in [-0.25, -0.2) is 4.79 Å². The van der Waals surface area contributed by atoms with E-state index in [4.69, 9.17) is 16.3 Å². The van der Waals surface area contributed by atoms with E-state index in [0.717, 1.165) is 4.90 Å². The van der Waals surface area contributed by atoms with E-state index in [9.17, 15) is 14.7 Å². The van der Waals surface area contributed by atoms with Crippen LogP contribution in [0.25, 0.3) is 0 Å².